The summed E-state index contributed by atoms with van der Waals surface area (Å²) in [6, 6.07) is 6.42. The van der Waals surface area contributed by atoms with E-state index in [1.165, 1.54) is 25.7 Å². The largest absolute Gasteiger partial charge is 0.468 e. The molecule has 1 aliphatic carbocycles. The van der Waals surface area contributed by atoms with Gasteiger partial charge in [0.15, 0.2) is 0 Å². The molecule has 8 nitrogen and oxygen atoms in total. The topological polar surface area (TPSA) is 71.9 Å². The number of furan rings is 1. The molecule has 0 radical (unpaired) electrons. The summed E-state index contributed by atoms with van der Waals surface area (Å²) in [4.78, 5) is 29.8. The molecule has 5 rings (SSSR count). The fourth-order valence-corrected chi connectivity index (χ4v) is 5.25. The Kier molecular flexibility index (Phi) is 6.38. The maximum atomic E-state index is 12.3. The van der Waals surface area contributed by atoms with Gasteiger partial charge in [-0.05, 0) is 25.0 Å². The molecule has 3 fully saturated rings. The number of nitrogens with zero attached hydrogens (tertiary/aromatic N) is 5. The summed E-state index contributed by atoms with van der Waals surface area (Å²) in [5.41, 5.74) is 0.827. The number of rotatable bonds is 6. The highest BCUT2D eigenvalue weighted by Crippen LogP contribution is 2.24. The van der Waals surface area contributed by atoms with Crippen LogP contribution in [0.15, 0.2) is 33.7 Å². The molecule has 31 heavy (non-hydrogen) atoms. The fraction of sp³-hybridized carbons (Fsp3) is 0.652. The van der Waals surface area contributed by atoms with Crippen LogP contribution in [0.5, 0.6) is 0 Å². The zero-order chi connectivity index (χ0) is 21.0. The zero-order valence-corrected chi connectivity index (χ0v) is 18.3. The third kappa shape index (κ3) is 5.19. The zero-order valence-electron chi connectivity index (χ0n) is 18.3. The van der Waals surface area contributed by atoms with Crippen LogP contribution < -0.4 is 10.5 Å². The molecule has 2 saturated heterocycles. The van der Waals surface area contributed by atoms with Crippen molar-refractivity contribution in [1.29, 1.82) is 0 Å². The van der Waals surface area contributed by atoms with Gasteiger partial charge in [0, 0.05) is 71.0 Å². The van der Waals surface area contributed by atoms with E-state index in [4.69, 9.17) is 9.40 Å². The van der Waals surface area contributed by atoms with Gasteiger partial charge in [-0.25, -0.2) is 4.98 Å². The van der Waals surface area contributed by atoms with Crippen molar-refractivity contribution < 1.29 is 4.42 Å². The highest BCUT2D eigenvalue weighted by Gasteiger charge is 2.26. The maximum Gasteiger partial charge on any atom is 0.252 e. The number of H-pyrrole nitrogens is 1. The van der Waals surface area contributed by atoms with Crippen molar-refractivity contribution in [2.75, 3.05) is 57.3 Å². The van der Waals surface area contributed by atoms with Crippen LogP contribution in [0.3, 0.4) is 0 Å². The van der Waals surface area contributed by atoms with Crippen molar-refractivity contribution in [1.82, 2.24) is 24.7 Å². The standard InChI is InChI=1S/C23H34N6O2/c30-22-16-19(17-26-7-11-28(12-8-26)20-4-1-2-5-20)24-23(25-22)29-13-9-27(10-14-29)18-21-6-3-15-31-21/h3,6,15-16,20H,1-2,4-5,7-14,17-18H2,(H,24,25,30). The Morgan fingerprint density at radius 2 is 1.68 bits per heavy atom. The van der Waals surface area contributed by atoms with E-state index in [0.29, 0.717) is 5.95 Å². The minimum Gasteiger partial charge on any atom is -0.468 e. The summed E-state index contributed by atoms with van der Waals surface area (Å²) in [5, 5.41) is 0. The molecule has 0 amide bonds. The lowest BCUT2D eigenvalue weighted by atomic mass is 10.2. The molecule has 0 spiro atoms. The highest BCUT2D eigenvalue weighted by molar-refractivity contribution is 5.31. The smallest absolute Gasteiger partial charge is 0.252 e. The summed E-state index contributed by atoms with van der Waals surface area (Å²) >= 11 is 0. The van der Waals surface area contributed by atoms with E-state index in [9.17, 15) is 4.79 Å². The van der Waals surface area contributed by atoms with Crippen molar-refractivity contribution in [3.63, 3.8) is 0 Å². The minimum atomic E-state index is -0.0531. The second-order valence-electron chi connectivity index (χ2n) is 9.15. The summed E-state index contributed by atoms with van der Waals surface area (Å²) in [6.07, 6.45) is 7.24. The first-order valence-electron chi connectivity index (χ1n) is 11.8. The molecular formula is C23H34N6O2. The monoisotopic (exact) mass is 426 g/mol. The number of hydrogen-bond donors (Lipinski definition) is 1. The van der Waals surface area contributed by atoms with Crippen LogP contribution in [-0.2, 0) is 13.1 Å². The normalized spacial score (nSPS) is 22.4. The maximum absolute atomic E-state index is 12.3. The number of hydrogen-bond acceptors (Lipinski definition) is 7. The van der Waals surface area contributed by atoms with Gasteiger partial charge in [-0.1, -0.05) is 12.8 Å². The Morgan fingerprint density at radius 3 is 2.39 bits per heavy atom. The van der Waals surface area contributed by atoms with Crippen molar-refractivity contribution in [3.8, 4) is 0 Å². The van der Waals surface area contributed by atoms with E-state index in [-0.39, 0.29) is 5.56 Å². The average molecular weight is 427 g/mol. The van der Waals surface area contributed by atoms with Crippen LogP contribution in [0, 0.1) is 0 Å². The third-order valence-electron chi connectivity index (χ3n) is 7.05. The quantitative estimate of drug-likeness (QED) is 0.754. The molecule has 8 heteroatoms. The highest BCUT2D eigenvalue weighted by atomic mass is 16.3. The van der Waals surface area contributed by atoms with Crippen molar-refractivity contribution in [2.45, 2.75) is 44.8 Å². The van der Waals surface area contributed by atoms with Gasteiger partial charge < -0.3 is 9.32 Å². The van der Waals surface area contributed by atoms with E-state index in [2.05, 4.69) is 24.6 Å². The third-order valence-corrected chi connectivity index (χ3v) is 7.05. The molecule has 0 unspecified atom stereocenters. The SMILES string of the molecule is O=c1cc(CN2CCN(C3CCCC3)CC2)nc(N2CCN(Cc3ccco3)CC2)[nH]1. The minimum absolute atomic E-state index is 0.0531. The van der Waals surface area contributed by atoms with E-state index >= 15 is 0 Å². The van der Waals surface area contributed by atoms with Gasteiger partial charge in [0.25, 0.3) is 5.56 Å². The molecule has 2 aliphatic heterocycles. The summed E-state index contributed by atoms with van der Waals surface area (Å²) < 4.78 is 5.46. The van der Waals surface area contributed by atoms with Gasteiger partial charge in [-0.15, -0.1) is 0 Å². The molecule has 168 valence electrons. The molecule has 1 saturated carbocycles. The molecule has 3 aliphatic rings. The van der Waals surface area contributed by atoms with E-state index in [1.54, 1.807) is 12.3 Å². The van der Waals surface area contributed by atoms with Crippen LogP contribution in [0.4, 0.5) is 5.95 Å². The molecule has 0 aromatic carbocycles. The van der Waals surface area contributed by atoms with Gasteiger partial charge in [0.2, 0.25) is 5.95 Å². The molecule has 1 N–H and O–H groups in total. The van der Waals surface area contributed by atoms with Crippen LogP contribution >= 0.6 is 0 Å². The van der Waals surface area contributed by atoms with Gasteiger partial charge in [0.05, 0.1) is 18.5 Å². The number of aromatic nitrogens is 2. The molecule has 4 heterocycles. The van der Waals surface area contributed by atoms with Gasteiger partial charge in [-0.3, -0.25) is 24.5 Å². The summed E-state index contributed by atoms with van der Waals surface area (Å²) in [6.45, 7) is 9.55. The molecular weight excluding hydrogens is 392 g/mol. The second kappa shape index (κ2) is 9.54. The van der Waals surface area contributed by atoms with Gasteiger partial charge >= 0.3 is 0 Å². The lowest BCUT2D eigenvalue weighted by Gasteiger charge is -2.38. The Morgan fingerprint density at radius 1 is 0.968 bits per heavy atom. The van der Waals surface area contributed by atoms with Crippen LogP contribution in [-0.4, -0.2) is 83.1 Å². The summed E-state index contributed by atoms with van der Waals surface area (Å²) in [5.74, 6) is 1.71. The number of anilines is 1. The first-order chi connectivity index (χ1) is 15.2. The van der Waals surface area contributed by atoms with Gasteiger partial charge in [-0.2, -0.15) is 0 Å². The Labute approximate surface area is 183 Å². The van der Waals surface area contributed by atoms with Gasteiger partial charge in [0.1, 0.15) is 5.76 Å². The number of piperazine rings is 2. The lowest BCUT2D eigenvalue weighted by Crippen LogP contribution is -2.49. The molecule has 0 bridgehead atoms. The molecule has 2 aromatic heterocycles. The van der Waals surface area contributed by atoms with E-state index in [0.717, 1.165) is 82.9 Å². The lowest BCUT2D eigenvalue weighted by molar-refractivity contribution is 0.0929. The average Bonchev–Trinajstić information content (AvgIpc) is 3.49. The molecule has 2 aromatic rings. The first kappa shape index (κ1) is 20.7. The van der Waals surface area contributed by atoms with Crippen LogP contribution in [0.25, 0.3) is 0 Å². The first-order valence-corrected chi connectivity index (χ1v) is 11.8. The molecule has 0 atom stereocenters. The van der Waals surface area contributed by atoms with Crippen LogP contribution in [0.2, 0.25) is 0 Å². The predicted octanol–water partition coefficient (Wildman–Crippen LogP) is 1.75. The van der Waals surface area contributed by atoms with Crippen LogP contribution in [0.1, 0.15) is 37.1 Å². The van der Waals surface area contributed by atoms with Crippen molar-refractivity contribution >= 4 is 5.95 Å². The predicted molar refractivity (Wildman–Crippen MR) is 120 cm³/mol. The Hall–Kier alpha value is -2.16. The van der Waals surface area contributed by atoms with E-state index < -0.39 is 0 Å². The number of nitrogens with one attached hydrogen (secondary N) is 1. The Balaban J connectivity index is 1.15. The Bertz CT molecular complexity index is 876. The van der Waals surface area contributed by atoms with Crippen molar-refractivity contribution in [2.24, 2.45) is 0 Å². The fourth-order valence-electron chi connectivity index (χ4n) is 5.25. The second-order valence-corrected chi connectivity index (χ2v) is 9.15. The van der Waals surface area contributed by atoms with E-state index in [1.807, 2.05) is 12.1 Å². The number of aromatic amines is 1. The summed E-state index contributed by atoms with van der Waals surface area (Å²) in [7, 11) is 0. The van der Waals surface area contributed by atoms with Crippen molar-refractivity contribution in [3.05, 3.63) is 46.3 Å².